The number of sulfonamides is 1. The van der Waals surface area contributed by atoms with E-state index in [-0.39, 0.29) is 6.04 Å². The second-order valence-electron chi connectivity index (χ2n) is 4.43. The summed E-state index contributed by atoms with van der Waals surface area (Å²) >= 11 is 1.48. The Bertz CT molecular complexity index is 586. The Hall–Kier alpha value is -1.10. The molecule has 0 saturated carbocycles. The SMILES string of the molecule is Cc1cc(S(=O)(=O)N[C@@H]2CCN(C#N)C2)c(C)s1. The van der Waals surface area contributed by atoms with Crippen molar-refractivity contribution in [2.75, 3.05) is 13.1 Å². The van der Waals surface area contributed by atoms with Crippen molar-refractivity contribution in [1.29, 1.82) is 5.26 Å². The summed E-state index contributed by atoms with van der Waals surface area (Å²) in [7, 11) is -3.46. The third-order valence-corrected chi connectivity index (χ3v) is 5.68. The molecular formula is C11H15N3O2S2. The number of rotatable bonds is 3. The molecule has 7 heteroatoms. The maximum atomic E-state index is 12.2. The van der Waals surface area contributed by atoms with Crippen molar-refractivity contribution in [2.24, 2.45) is 0 Å². The van der Waals surface area contributed by atoms with E-state index in [2.05, 4.69) is 4.72 Å². The summed E-state index contributed by atoms with van der Waals surface area (Å²) in [4.78, 5) is 3.72. The summed E-state index contributed by atoms with van der Waals surface area (Å²) in [6.45, 7) is 4.77. The highest BCUT2D eigenvalue weighted by Crippen LogP contribution is 2.25. The van der Waals surface area contributed by atoms with Crippen LogP contribution < -0.4 is 4.72 Å². The molecule has 2 heterocycles. The van der Waals surface area contributed by atoms with Crippen molar-refractivity contribution in [3.8, 4) is 6.19 Å². The van der Waals surface area contributed by atoms with Gasteiger partial charge in [0, 0.05) is 28.9 Å². The van der Waals surface area contributed by atoms with E-state index in [1.165, 1.54) is 11.3 Å². The summed E-state index contributed by atoms with van der Waals surface area (Å²) in [6.07, 6.45) is 2.71. The second-order valence-corrected chi connectivity index (χ2v) is 7.57. The number of likely N-dealkylation sites (tertiary alicyclic amines) is 1. The highest BCUT2D eigenvalue weighted by Gasteiger charge is 2.28. The lowest BCUT2D eigenvalue weighted by Crippen LogP contribution is -2.36. The van der Waals surface area contributed by atoms with Gasteiger partial charge in [0.05, 0.1) is 4.90 Å². The zero-order valence-corrected chi connectivity index (χ0v) is 11.9. The van der Waals surface area contributed by atoms with Gasteiger partial charge in [-0.1, -0.05) is 0 Å². The Morgan fingerprint density at radius 1 is 1.56 bits per heavy atom. The number of thiophene rings is 1. The van der Waals surface area contributed by atoms with Crippen molar-refractivity contribution in [1.82, 2.24) is 9.62 Å². The predicted octanol–water partition coefficient (Wildman–Crippen LogP) is 1.20. The Balaban J connectivity index is 2.14. The van der Waals surface area contributed by atoms with Gasteiger partial charge < -0.3 is 4.90 Å². The summed E-state index contributed by atoms with van der Waals surface area (Å²) in [5, 5.41) is 8.75. The normalized spacial score (nSPS) is 20.1. The Labute approximate surface area is 111 Å². The maximum absolute atomic E-state index is 12.2. The van der Waals surface area contributed by atoms with Gasteiger partial charge >= 0.3 is 0 Å². The zero-order valence-electron chi connectivity index (χ0n) is 10.3. The number of aryl methyl sites for hydroxylation is 2. The fraction of sp³-hybridized carbons (Fsp3) is 0.545. The van der Waals surface area contributed by atoms with Gasteiger partial charge in [0.15, 0.2) is 6.19 Å². The van der Waals surface area contributed by atoms with E-state index in [4.69, 9.17) is 5.26 Å². The van der Waals surface area contributed by atoms with Crippen LogP contribution in [0.5, 0.6) is 0 Å². The van der Waals surface area contributed by atoms with E-state index >= 15 is 0 Å². The topological polar surface area (TPSA) is 73.2 Å². The molecule has 1 aliphatic heterocycles. The van der Waals surface area contributed by atoms with Crippen molar-refractivity contribution in [2.45, 2.75) is 31.2 Å². The fourth-order valence-electron chi connectivity index (χ4n) is 2.10. The van der Waals surface area contributed by atoms with Crippen LogP contribution in [0.1, 0.15) is 16.2 Å². The van der Waals surface area contributed by atoms with Crippen LogP contribution in [0, 0.1) is 25.3 Å². The molecule has 1 aromatic heterocycles. The molecule has 1 saturated heterocycles. The molecule has 2 rings (SSSR count). The van der Waals surface area contributed by atoms with Gasteiger partial charge in [-0.15, -0.1) is 11.3 Å². The zero-order chi connectivity index (χ0) is 13.3. The van der Waals surface area contributed by atoms with Gasteiger partial charge in [-0.05, 0) is 26.3 Å². The lowest BCUT2D eigenvalue weighted by Gasteiger charge is -2.12. The van der Waals surface area contributed by atoms with Crippen LogP contribution >= 0.6 is 11.3 Å². The molecule has 0 bridgehead atoms. The van der Waals surface area contributed by atoms with Crippen LogP contribution in [0.25, 0.3) is 0 Å². The monoisotopic (exact) mass is 285 g/mol. The highest BCUT2D eigenvalue weighted by atomic mass is 32.2. The Morgan fingerprint density at radius 3 is 2.78 bits per heavy atom. The molecule has 0 amide bonds. The first kappa shape index (κ1) is 13.3. The number of nitrogens with zero attached hydrogens (tertiary/aromatic N) is 2. The molecule has 0 unspecified atom stereocenters. The fourth-order valence-corrected chi connectivity index (χ4v) is 4.92. The van der Waals surface area contributed by atoms with Gasteiger partial charge in [-0.2, -0.15) is 5.26 Å². The van der Waals surface area contributed by atoms with E-state index in [0.29, 0.717) is 24.4 Å². The predicted molar refractivity (Wildman–Crippen MR) is 69.7 cm³/mol. The van der Waals surface area contributed by atoms with Gasteiger partial charge in [0.25, 0.3) is 0 Å². The molecule has 18 heavy (non-hydrogen) atoms. The van der Waals surface area contributed by atoms with Crippen LogP contribution in [0.3, 0.4) is 0 Å². The number of hydrogen-bond acceptors (Lipinski definition) is 5. The lowest BCUT2D eigenvalue weighted by molar-refractivity contribution is 0.470. The molecule has 1 N–H and O–H groups in total. The molecule has 1 aliphatic rings. The number of hydrogen-bond donors (Lipinski definition) is 1. The second kappa shape index (κ2) is 4.88. The largest absolute Gasteiger partial charge is 0.309 e. The van der Waals surface area contributed by atoms with Crippen LogP contribution in [0.4, 0.5) is 0 Å². The minimum Gasteiger partial charge on any atom is -0.309 e. The minimum absolute atomic E-state index is 0.172. The van der Waals surface area contributed by atoms with Crippen molar-refractivity contribution in [3.63, 3.8) is 0 Å². The quantitative estimate of drug-likeness (QED) is 0.847. The first-order valence-corrected chi connectivity index (χ1v) is 7.96. The van der Waals surface area contributed by atoms with E-state index in [9.17, 15) is 8.42 Å². The molecule has 0 aliphatic carbocycles. The molecule has 1 aromatic rings. The summed E-state index contributed by atoms with van der Waals surface area (Å²) < 4.78 is 27.1. The van der Waals surface area contributed by atoms with E-state index in [1.54, 1.807) is 11.0 Å². The number of nitrogens with one attached hydrogen (secondary N) is 1. The molecule has 1 fully saturated rings. The Morgan fingerprint density at radius 2 is 2.28 bits per heavy atom. The lowest BCUT2D eigenvalue weighted by atomic mass is 10.3. The average Bonchev–Trinajstić information content (AvgIpc) is 2.84. The standard InChI is InChI=1S/C11H15N3O2S2/c1-8-5-11(9(2)17-8)18(15,16)13-10-3-4-14(6-10)7-12/h5,10,13H,3-4,6H2,1-2H3/t10-/m1/s1. The minimum atomic E-state index is -3.46. The molecule has 5 nitrogen and oxygen atoms in total. The smallest absolute Gasteiger partial charge is 0.241 e. The third kappa shape index (κ3) is 2.66. The van der Waals surface area contributed by atoms with E-state index in [1.807, 2.05) is 20.0 Å². The Kier molecular flexibility index (Phi) is 3.61. The van der Waals surface area contributed by atoms with Crippen LogP contribution in [0.2, 0.25) is 0 Å². The highest BCUT2D eigenvalue weighted by molar-refractivity contribution is 7.89. The van der Waals surface area contributed by atoms with E-state index < -0.39 is 10.0 Å². The van der Waals surface area contributed by atoms with Crippen LogP contribution in [-0.4, -0.2) is 32.4 Å². The maximum Gasteiger partial charge on any atom is 0.241 e. The number of nitriles is 1. The third-order valence-electron chi connectivity index (χ3n) is 2.94. The molecule has 0 spiro atoms. The van der Waals surface area contributed by atoms with Gasteiger partial charge in [0.2, 0.25) is 10.0 Å². The van der Waals surface area contributed by atoms with Gasteiger partial charge in [-0.3, -0.25) is 0 Å². The van der Waals surface area contributed by atoms with Crippen LogP contribution in [0.15, 0.2) is 11.0 Å². The summed E-state index contributed by atoms with van der Waals surface area (Å²) in [5.41, 5.74) is 0. The molecule has 0 radical (unpaired) electrons. The molecular weight excluding hydrogens is 270 g/mol. The van der Waals surface area contributed by atoms with Crippen molar-refractivity contribution >= 4 is 21.4 Å². The first-order valence-electron chi connectivity index (χ1n) is 5.66. The van der Waals surface area contributed by atoms with Crippen molar-refractivity contribution < 1.29 is 8.42 Å². The van der Waals surface area contributed by atoms with Crippen LogP contribution in [-0.2, 0) is 10.0 Å². The molecule has 1 atom stereocenters. The molecule has 0 aromatic carbocycles. The molecule has 98 valence electrons. The van der Waals surface area contributed by atoms with Gasteiger partial charge in [-0.25, -0.2) is 13.1 Å². The van der Waals surface area contributed by atoms with E-state index in [0.717, 1.165) is 9.75 Å². The average molecular weight is 285 g/mol. The summed E-state index contributed by atoms with van der Waals surface area (Å²) in [5.74, 6) is 0. The van der Waals surface area contributed by atoms with Gasteiger partial charge in [0.1, 0.15) is 0 Å². The summed E-state index contributed by atoms with van der Waals surface area (Å²) in [6, 6.07) is 1.52. The first-order chi connectivity index (χ1) is 8.42. The van der Waals surface area contributed by atoms with Crippen molar-refractivity contribution in [3.05, 3.63) is 15.8 Å².